The number of nitro groups is 1. The van der Waals surface area contributed by atoms with Crippen molar-refractivity contribution in [1.82, 2.24) is 0 Å². The molecule has 0 unspecified atom stereocenters. The highest BCUT2D eigenvalue weighted by molar-refractivity contribution is 6.39. The number of hydrogen-bond donors (Lipinski definition) is 0. The van der Waals surface area contributed by atoms with E-state index in [0.29, 0.717) is 56.4 Å². The quantitative estimate of drug-likeness (QED) is 0.115. The van der Waals surface area contributed by atoms with E-state index in [1.807, 2.05) is 24.3 Å². The minimum absolute atomic E-state index is 0.0199. The first kappa shape index (κ1) is 30.1. The Kier molecular flexibility index (Phi) is 6.15. The summed E-state index contributed by atoms with van der Waals surface area (Å²) in [6.07, 6.45) is 0. The molecule has 3 aliphatic heterocycles. The van der Waals surface area contributed by atoms with Crippen LogP contribution in [0, 0.1) is 22.0 Å². The Hall–Kier alpha value is -6.75. The van der Waals surface area contributed by atoms with Crippen LogP contribution in [0.5, 0.6) is 23.0 Å². The van der Waals surface area contributed by atoms with Gasteiger partial charge in [-0.1, -0.05) is 84.9 Å². The maximum absolute atomic E-state index is 16.2. The fraction of sp³-hybridized carbons (Fsp3) is 0.146. The highest BCUT2D eigenvalue weighted by Gasteiger charge is 2.83. The maximum atomic E-state index is 16.2. The number of nitrogens with zero attached hydrogens (tertiary/aromatic N) is 2. The van der Waals surface area contributed by atoms with Crippen LogP contribution in [0.4, 0.5) is 11.4 Å². The number of benzene rings is 5. The van der Waals surface area contributed by atoms with Crippen LogP contribution in [0.25, 0.3) is 11.1 Å². The zero-order chi connectivity index (χ0) is 35.4. The van der Waals surface area contributed by atoms with Gasteiger partial charge in [-0.25, -0.2) is 4.90 Å². The van der Waals surface area contributed by atoms with Gasteiger partial charge in [-0.3, -0.25) is 24.5 Å². The zero-order valence-corrected chi connectivity index (χ0v) is 27.2. The van der Waals surface area contributed by atoms with Crippen molar-refractivity contribution in [2.45, 2.75) is 10.8 Å². The molecular weight excluding hydrogens is 664 g/mol. The predicted octanol–water partition coefficient (Wildman–Crippen LogP) is 6.24. The lowest BCUT2D eigenvalue weighted by molar-refractivity contribution is -0.384. The van der Waals surface area contributed by atoms with Crippen molar-refractivity contribution in [3.8, 4) is 23.0 Å². The third-order valence-corrected chi connectivity index (χ3v) is 11.1. The molecule has 1 saturated heterocycles. The number of para-hydroxylation sites is 2. The molecule has 0 radical (unpaired) electrons. The summed E-state index contributed by atoms with van der Waals surface area (Å²) in [5.74, 6) is -2.27. The van der Waals surface area contributed by atoms with E-state index in [-0.39, 0.29) is 25.1 Å². The van der Waals surface area contributed by atoms with Gasteiger partial charge < -0.3 is 18.9 Å². The van der Waals surface area contributed by atoms with Gasteiger partial charge in [0.1, 0.15) is 5.69 Å². The number of hydrogen-bond acceptors (Lipinski definition) is 9. The van der Waals surface area contributed by atoms with Gasteiger partial charge in [0.2, 0.25) is 25.4 Å². The summed E-state index contributed by atoms with van der Waals surface area (Å²) in [6, 6.07) is 34.5. The van der Waals surface area contributed by atoms with Crippen LogP contribution in [0.15, 0.2) is 121 Å². The van der Waals surface area contributed by atoms with Gasteiger partial charge in [0.15, 0.2) is 28.8 Å². The Balaban J connectivity index is 1.37. The maximum Gasteiger partial charge on any atom is 0.293 e. The molecule has 2 aliphatic carbocycles. The minimum Gasteiger partial charge on any atom is -0.454 e. The van der Waals surface area contributed by atoms with Crippen molar-refractivity contribution < 1.29 is 38.3 Å². The van der Waals surface area contributed by atoms with E-state index in [4.69, 9.17) is 18.9 Å². The molecule has 11 heteroatoms. The molecule has 1 saturated carbocycles. The number of rotatable bonds is 6. The summed E-state index contributed by atoms with van der Waals surface area (Å²) in [5.41, 5.74) is -0.741. The average molecular weight is 691 g/mol. The molecule has 4 atom stereocenters. The Bertz CT molecular complexity index is 2310. The van der Waals surface area contributed by atoms with Crippen molar-refractivity contribution >= 4 is 40.1 Å². The van der Waals surface area contributed by atoms with Gasteiger partial charge in [0.25, 0.3) is 5.69 Å². The Labute approximate surface area is 295 Å². The molecule has 2 bridgehead atoms. The minimum atomic E-state index is -1.73. The lowest BCUT2D eigenvalue weighted by Crippen LogP contribution is -2.45. The largest absolute Gasteiger partial charge is 0.454 e. The Morgan fingerprint density at radius 3 is 1.50 bits per heavy atom. The molecule has 3 heterocycles. The summed E-state index contributed by atoms with van der Waals surface area (Å²) in [7, 11) is 0. The van der Waals surface area contributed by atoms with Gasteiger partial charge in [-0.2, -0.15) is 0 Å². The standard InChI is InChI=1S/C41H26N2O9/c44-37-35-36(38(45)42(37)27-13-7-8-14-28(27)43(47)48)41(26-11-5-2-6-12-26)34(24-16-18-30-32(20-24)52-22-50-30)33(23-15-17-29-31(19-23)51-21-49-29)40(35,39(41)46)25-9-3-1-4-10-25/h1-20,35-36H,21-22H2/t35-,36-,40-,41-/m0/s1. The first-order chi connectivity index (χ1) is 25.4. The van der Waals surface area contributed by atoms with Crippen LogP contribution < -0.4 is 23.8 Å². The first-order valence-electron chi connectivity index (χ1n) is 16.7. The van der Waals surface area contributed by atoms with Crippen LogP contribution in [-0.2, 0) is 25.2 Å². The molecular formula is C41H26N2O9. The number of allylic oxidation sites excluding steroid dienone is 2. The molecule has 5 aromatic rings. The molecule has 0 aromatic heterocycles. The van der Waals surface area contributed by atoms with Crippen molar-refractivity contribution in [3.05, 3.63) is 154 Å². The van der Waals surface area contributed by atoms with Gasteiger partial charge in [-0.05, 0) is 63.7 Å². The van der Waals surface area contributed by atoms with Gasteiger partial charge >= 0.3 is 0 Å². The number of anilines is 1. The molecule has 0 spiro atoms. The van der Waals surface area contributed by atoms with E-state index in [2.05, 4.69) is 0 Å². The number of imide groups is 1. The van der Waals surface area contributed by atoms with Crippen molar-refractivity contribution in [1.29, 1.82) is 0 Å². The number of carbonyl (C=O) groups is 3. The second-order valence-electron chi connectivity index (χ2n) is 13.3. The number of Topliss-reactive ketones (excluding diaryl/α,β-unsaturated/α-hetero) is 1. The fourth-order valence-electron chi connectivity index (χ4n) is 9.27. The Morgan fingerprint density at radius 2 is 1.02 bits per heavy atom. The van der Waals surface area contributed by atoms with E-state index < -0.39 is 45.1 Å². The lowest BCUT2D eigenvalue weighted by Gasteiger charge is -2.39. The zero-order valence-electron chi connectivity index (χ0n) is 27.2. The van der Waals surface area contributed by atoms with Crippen molar-refractivity contribution in [2.24, 2.45) is 11.8 Å². The van der Waals surface area contributed by atoms with Crippen LogP contribution in [0.3, 0.4) is 0 Å². The van der Waals surface area contributed by atoms with E-state index in [9.17, 15) is 10.1 Å². The molecule has 11 nitrogen and oxygen atoms in total. The number of carbonyl (C=O) groups excluding carboxylic acids is 3. The summed E-state index contributed by atoms with van der Waals surface area (Å²) in [4.78, 5) is 59.3. The van der Waals surface area contributed by atoms with Crippen LogP contribution >= 0.6 is 0 Å². The molecule has 10 rings (SSSR count). The summed E-state index contributed by atoms with van der Waals surface area (Å²) >= 11 is 0. The van der Waals surface area contributed by atoms with E-state index in [1.165, 1.54) is 18.2 Å². The highest BCUT2D eigenvalue weighted by Crippen LogP contribution is 2.75. The smallest absolute Gasteiger partial charge is 0.293 e. The highest BCUT2D eigenvalue weighted by atomic mass is 16.7. The van der Waals surface area contributed by atoms with Crippen molar-refractivity contribution in [3.63, 3.8) is 0 Å². The molecule has 52 heavy (non-hydrogen) atoms. The molecule has 0 N–H and O–H groups in total. The molecule has 2 amide bonds. The second kappa shape index (κ2) is 10.6. The van der Waals surface area contributed by atoms with E-state index >= 15 is 14.4 Å². The number of ether oxygens (including phenoxy) is 4. The third-order valence-electron chi connectivity index (χ3n) is 11.1. The van der Waals surface area contributed by atoms with Gasteiger partial charge in [0, 0.05) is 6.07 Å². The number of ketones is 1. The first-order valence-corrected chi connectivity index (χ1v) is 16.7. The summed E-state index contributed by atoms with van der Waals surface area (Å²) in [5, 5.41) is 12.3. The normalized spacial score (nSPS) is 24.9. The van der Waals surface area contributed by atoms with Crippen molar-refractivity contribution in [2.75, 3.05) is 18.5 Å². The Morgan fingerprint density at radius 1 is 0.577 bits per heavy atom. The lowest BCUT2D eigenvalue weighted by atomic mass is 9.59. The van der Waals surface area contributed by atoms with Crippen LogP contribution in [-0.4, -0.2) is 36.1 Å². The molecule has 2 fully saturated rings. The van der Waals surface area contributed by atoms with E-state index in [0.717, 1.165) is 4.90 Å². The molecule has 5 aliphatic rings. The number of nitro benzene ring substituents is 1. The number of fused-ring (bicyclic) bond motifs is 7. The second-order valence-corrected chi connectivity index (χ2v) is 13.3. The average Bonchev–Trinajstić information content (AvgIpc) is 3.98. The molecule has 254 valence electrons. The fourth-order valence-corrected chi connectivity index (χ4v) is 9.27. The number of amides is 2. The van der Waals surface area contributed by atoms with Crippen LogP contribution in [0.2, 0.25) is 0 Å². The summed E-state index contributed by atoms with van der Waals surface area (Å²) in [6.45, 7) is 0.0398. The van der Waals surface area contributed by atoms with Gasteiger partial charge in [-0.15, -0.1) is 0 Å². The van der Waals surface area contributed by atoms with Crippen LogP contribution in [0.1, 0.15) is 22.3 Å². The predicted molar refractivity (Wildman–Crippen MR) is 186 cm³/mol. The third kappa shape index (κ3) is 3.61. The summed E-state index contributed by atoms with van der Waals surface area (Å²) < 4.78 is 23.0. The topological polar surface area (TPSA) is 135 Å². The van der Waals surface area contributed by atoms with Gasteiger partial charge in [0.05, 0.1) is 27.6 Å². The van der Waals surface area contributed by atoms with E-state index in [1.54, 1.807) is 78.9 Å². The molecule has 5 aromatic carbocycles. The monoisotopic (exact) mass is 690 g/mol. The SMILES string of the molecule is O=C1[C@@H]2[C@@H](C(=O)N1c1ccccc1[N+](=O)[O-])[C@@]1(c3ccccc3)C(=O)[C@@]2(c2ccccc2)C(c2ccc3c(c2)OCO3)=C1c1ccc2c(c1)OCO2.